The van der Waals surface area contributed by atoms with Crippen LogP contribution in [0.3, 0.4) is 0 Å². The van der Waals surface area contributed by atoms with Crippen LogP contribution in [0.25, 0.3) is 0 Å². The number of carbonyl (C=O) groups is 1. The highest BCUT2D eigenvalue weighted by Crippen LogP contribution is 2.54. The molecule has 1 heterocycles. The van der Waals surface area contributed by atoms with Crippen molar-refractivity contribution < 1.29 is 17.9 Å². The number of fused-ring (bicyclic) bond motifs is 1. The first-order valence-electron chi connectivity index (χ1n) is 5.52. The Morgan fingerprint density at radius 1 is 1.50 bits per heavy atom. The first-order valence-corrected chi connectivity index (χ1v) is 6.66. The van der Waals surface area contributed by atoms with Gasteiger partial charge in [0.05, 0.1) is 5.25 Å². The Hall–Kier alpha value is -0.680. The van der Waals surface area contributed by atoms with Crippen molar-refractivity contribution in [1.82, 2.24) is 0 Å². The van der Waals surface area contributed by atoms with E-state index in [0.717, 1.165) is 12.8 Å². The van der Waals surface area contributed by atoms with Gasteiger partial charge in [0.2, 0.25) is 0 Å². The van der Waals surface area contributed by atoms with E-state index in [-0.39, 0.29) is 23.4 Å². The van der Waals surface area contributed by atoms with E-state index in [9.17, 15) is 9.00 Å². The Balaban J connectivity index is 1.77. The van der Waals surface area contributed by atoms with Crippen LogP contribution in [0.5, 0.6) is 0 Å². The average Bonchev–Trinajstić information content (AvgIpc) is 2.81. The van der Waals surface area contributed by atoms with E-state index in [2.05, 4.69) is 6.58 Å². The summed E-state index contributed by atoms with van der Waals surface area (Å²) in [5.41, 5.74) is 0.401. The predicted molar refractivity (Wildman–Crippen MR) is 57.7 cm³/mol. The molecular weight excluding hydrogens is 228 g/mol. The molecule has 88 valence electrons. The van der Waals surface area contributed by atoms with E-state index in [0.29, 0.717) is 17.4 Å². The molecule has 3 aliphatic rings. The first-order chi connectivity index (χ1) is 7.58. The lowest BCUT2D eigenvalue weighted by Gasteiger charge is -2.25. The number of esters is 1. The van der Waals surface area contributed by atoms with Crippen molar-refractivity contribution >= 4 is 17.0 Å². The lowest BCUT2D eigenvalue weighted by atomic mass is 9.94. The molecule has 2 saturated carbocycles. The van der Waals surface area contributed by atoms with E-state index in [4.69, 9.17) is 8.92 Å². The summed E-state index contributed by atoms with van der Waals surface area (Å²) in [6.45, 7) is 5.19. The van der Waals surface area contributed by atoms with Gasteiger partial charge in [-0.15, -0.1) is 0 Å². The molecule has 0 aromatic rings. The summed E-state index contributed by atoms with van der Waals surface area (Å²) in [6.07, 6.45) is 1.49. The minimum Gasteiger partial charge on any atom is -0.456 e. The van der Waals surface area contributed by atoms with Gasteiger partial charge in [0.1, 0.15) is 12.2 Å². The molecule has 0 aromatic heterocycles. The summed E-state index contributed by atoms with van der Waals surface area (Å²) >= 11 is -1.18. The molecule has 3 rings (SSSR count). The van der Waals surface area contributed by atoms with Crippen LogP contribution in [-0.2, 0) is 24.8 Å². The van der Waals surface area contributed by atoms with Crippen LogP contribution in [0.2, 0.25) is 0 Å². The van der Waals surface area contributed by atoms with Crippen molar-refractivity contribution in [2.24, 2.45) is 11.8 Å². The molecule has 0 N–H and O–H groups in total. The Bertz CT molecular complexity index is 391. The van der Waals surface area contributed by atoms with E-state index < -0.39 is 11.1 Å². The van der Waals surface area contributed by atoms with Gasteiger partial charge >= 0.3 is 5.97 Å². The molecule has 3 fully saturated rings. The predicted octanol–water partition coefficient (Wildman–Crippen LogP) is 0.945. The fourth-order valence-electron chi connectivity index (χ4n) is 3.11. The van der Waals surface area contributed by atoms with Crippen molar-refractivity contribution in [3.63, 3.8) is 0 Å². The largest absolute Gasteiger partial charge is 0.456 e. The summed E-state index contributed by atoms with van der Waals surface area (Å²) in [5, 5.41) is 0.176. The molecule has 6 atom stereocenters. The number of carbonyl (C=O) groups excluding carboxylic acids is 1. The van der Waals surface area contributed by atoms with E-state index in [1.807, 2.05) is 0 Å². The second-order valence-electron chi connectivity index (χ2n) is 4.91. The third-order valence-electron chi connectivity index (χ3n) is 3.84. The van der Waals surface area contributed by atoms with Crippen LogP contribution in [0, 0.1) is 11.8 Å². The van der Waals surface area contributed by atoms with Gasteiger partial charge in [-0.1, -0.05) is 6.58 Å². The number of ether oxygens (including phenoxy) is 1. The molecule has 1 saturated heterocycles. The summed E-state index contributed by atoms with van der Waals surface area (Å²) in [4.78, 5) is 11.5. The smallest absolute Gasteiger partial charge is 0.333 e. The lowest BCUT2D eigenvalue weighted by Crippen LogP contribution is -2.37. The standard InChI is InChI=1S/C11H14O4S/c1-5(2)11(12)14-9-6-3-7-8(4-6)16(13)15-10(7)9/h6-10H,1,3-4H2,2H3. The Kier molecular flexibility index (Phi) is 2.23. The molecule has 5 heteroatoms. The third-order valence-corrected chi connectivity index (χ3v) is 5.29. The van der Waals surface area contributed by atoms with Gasteiger partial charge in [0, 0.05) is 17.4 Å². The molecule has 6 unspecified atom stereocenters. The zero-order valence-electron chi connectivity index (χ0n) is 9.05. The van der Waals surface area contributed by atoms with Crippen LogP contribution in [0.1, 0.15) is 19.8 Å². The summed E-state index contributed by atoms with van der Waals surface area (Å²) < 4.78 is 22.4. The molecule has 4 nitrogen and oxygen atoms in total. The third kappa shape index (κ3) is 1.31. The van der Waals surface area contributed by atoms with Crippen LogP contribution in [0.15, 0.2) is 12.2 Å². The monoisotopic (exact) mass is 242 g/mol. The zero-order valence-corrected chi connectivity index (χ0v) is 9.87. The van der Waals surface area contributed by atoms with E-state index in [1.54, 1.807) is 6.92 Å². The Morgan fingerprint density at radius 2 is 2.25 bits per heavy atom. The van der Waals surface area contributed by atoms with Gasteiger partial charge < -0.3 is 4.74 Å². The highest BCUT2D eigenvalue weighted by molar-refractivity contribution is 7.81. The van der Waals surface area contributed by atoms with E-state index >= 15 is 0 Å². The highest BCUT2D eigenvalue weighted by Gasteiger charge is 2.62. The molecule has 0 radical (unpaired) electrons. The molecule has 0 amide bonds. The van der Waals surface area contributed by atoms with Crippen molar-refractivity contribution in [1.29, 1.82) is 0 Å². The van der Waals surface area contributed by atoms with Crippen LogP contribution in [0.4, 0.5) is 0 Å². The molecule has 2 bridgehead atoms. The lowest BCUT2D eigenvalue weighted by molar-refractivity contribution is -0.150. The number of rotatable bonds is 2. The summed E-state index contributed by atoms with van der Waals surface area (Å²) in [6, 6.07) is 0. The normalized spacial score (nSPS) is 48.3. The molecule has 2 aliphatic carbocycles. The first kappa shape index (κ1) is 10.5. The number of hydrogen-bond donors (Lipinski definition) is 0. The maximum Gasteiger partial charge on any atom is 0.333 e. The van der Waals surface area contributed by atoms with Crippen molar-refractivity contribution in [2.75, 3.05) is 0 Å². The maximum absolute atomic E-state index is 11.6. The van der Waals surface area contributed by atoms with Crippen molar-refractivity contribution in [3.8, 4) is 0 Å². The van der Waals surface area contributed by atoms with Crippen LogP contribution in [-0.4, -0.2) is 27.6 Å². The second kappa shape index (κ2) is 3.40. The van der Waals surface area contributed by atoms with Crippen molar-refractivity contribution in [2.45, 2.75) is 37.2 Å². The molecule has 16 heavy (non-hydrogen) atoms. The van der Waals surface area contributed by atoms with Crippen molar-refractivity contribution in [3.05, 3.63) is 12.2 Å². The van der Waals surface area contributed by atoms with Gasteiger partial charge in [-0.05, 0) is 19.8 Å². The minimum absolute atomic E-state index is 0.145. The summed E-state index contributed by atoms with van der Waals surface area (Å²) in [5.74, 6) is 0.291. The highest BCUT2D eigenvalue weighted by atomic mass is 32.2. The Labute approximate surface area is 96.7 Å². The maximum atomic E-state index is 11.6. The topological polar surface area (TPSA) is 52.6 Å². The van der Waals surface area contributed by atoms with Gasteiger partial charge in [-0.3, -0.25) is 4.18 Å². The van der Waals surface area contributed by atoms with Gasteiger partial charge in [-0.2, -0.15) is 0 Å². The quantitative estimate of drug-likeness (QED) is 0.534. The second-order valence-corrected chi connectivity index (χ2v) is 6.22. The van der Waals surface area contributed by atoms with Gasteiger partial charge in [-0.25, -0.2) is 9.00 Å². The summed E-state index contributed by atoms with van der Waals surface area (Å²) in [7, 11) is 0. The SMILES string of the molecule is C=C(C)C(=O)OC1C2CC3C1OS(=O)C3C2. The minimum atomic E-state index is -1.18. The molecular formula is C11H14O4S. The zero-order chi connectivity index (χ0) is 11.4. The number of hydrogen-bond acceptors (Lipinski definition) is 4. The van der Waals surface area contributed by atoms with Crippen LogP contribution < -0.4 is 0 Å². The fraction of sp³-hybridized carbons (Fsp3) is 0.727. The van der Waals surface area contributed by atoms with Gasteiger partial charge in [0.25, 0.3) is 0 Å². The molecule has 0 aromatic carbocycles. The Morgan fingerprint density at radius 3 is 2.94 bits per heavy atom. The van der Waals surface area contributed by atoms with Gasteiger partial charge in [0.15, 0.2) is 11.1 Å². The fourth-order valence-corrected chi connectivity index (χ4v) is 4.68. The van der Waals surface area contributed by atoms with Crippen LogP contribution >= 0.6 is 0 Å². The average molecular weight is 242 g/mol. The molecule has 0 spiro atoms. The van der Waals surface area contributed by atoms with E-state index in [1.165, 1.54) is 0 Å². The molecule has 1 aliphatic heterocycles.